The smallest absolute Gasteiger partial charge is 0.349 e. The van der Waals surface area contributed by atoms with Gasteiger partial charge in [-0.25, -0.2) is 0 Å². The Labute approximate surface area is 152 Å². The summed E-state index contributed by atoms with van der Waals surface area (Å²) in [6.07, 6.45) is -4.68. The molecule has 2 aromatic heterocycles. The van der Waals surface area contributed by atoms with E-state index >= 15 is 0 Å². The molecule has 3 aromatic rings. The first-order chi connectivity index (χ1) is 12.7. The van der Waals surface area contributed by atoms with Gasteiger partial charge in [0.15, 0.2) is 5.65 Å². The fourth-order valence-corrected chi connectivity index (χ4v) is 2.53. The van der Waals surface area contributed by atoms with E-state index in [9.17, 15) is 18.0 Å². The van der Waals surface area contributed by atoms with Crippen molar-refractivity contribution in [2.24, 2.45) is 0 Å². The number of aryl methyl sites for hydroxylation is 1. The van der Waals surface area contributed by atoms with Gasteiger partial charge in [-0.15, -0.1) is 15.3 Å². The number of hydrogen-bond acceptors (Lipinski definition) is 5. The topological polar surface area (TPSA) is 75.4 Å². The predicted octanol–water partition coefficient (Wildman–Crippen LogP) is 2.83. The lowest BCUT2D eigenvalue weighted by Crippen LogP contribution is -2.31. The number of anilines is 2. The molecule has 1 amide bonds. The Kier molecular flexibility index (Phi) is 4.73. The summed E-state index contributed by atoms with van der Waals surface area (Å²) < 4.78 is 39.5. The molecule has 0 aliphatic carbocycles. The van der Waals surface area contributed by atoms with Gasteiger partial charge in [-0.2, -0.15) is 17.7 Å². The van der Waals surface area contributed by atoms with E-state index in [-0.39, 0.29) is 23.9 Å². The number of alkyl halides is 3. The van der Waals surface area contributed by atoms with E-state index in [1.807, 2.05) is 26.0 Å². The molecule has 0 atom stereocenters. The van der Waals surface area contributed by atoms with Crippen LogP contribution in [-0.2, 0) is 11.0 Å². The third kappa shape index (κ3) is 3.83. The molecular weight excluding hydrogens is 361 g/mol. The van der Waals surface area contributed by atoms with Gasteiger partial charge < -0.3 is 10.2 Å². The lowest BCUT2D eigenvalue weighted by atomic mass is 10.1. The van der Waals surface area contributed by atoms with Crippen LogP contribution in [0.3, 0.4) is 0 Å². The molecule has 0 saturated carbocycles. The fraction of sp³-hybridized carbons (Fsp3) is 0.294. The minimum Gasteiger partial charge on any atom is -0.349 e. The SMILES string of the molecule is Cc1cccc(NC(=O)CN(C)c2ccc3nnc(C(F)(F)F)n3n2)c1C. The van der Waals surface area contributed by atoms with E-state index in [2.05, 4.69) is 20.6 Å². The van der Waals surface area contributed by atoms with Crippen molar-refractivity contribution in [2.75, 3.05) is 23.8 Å². The lowest BCUT2D eigenvalue weighted by molar-refractivity contribution is -0.146. The van der Waals surface area contributed by atoms with Crippen LogP contribution in [0.5, 0.6) is 0 Å². The molecular formula is C17H17F3N6O. The van der Waals surface area contributed by atoms with Crippen molar-refractivity contribution in [3.63, 3.8) is 0 Å². The van der Waals surface area contributed by atoms with Crippen LogP contribution in [-0.4, -0.2) is 39.3 Å². The maximum absolute atomic E-state index is 13.0. The van der Waals surface area contributed by atoms with Gasteiger partial charge in [0, 0.05) is 12.7 Å². The van der Waals surface area contributed by atoms with Gasteiger partial charge in [-0.05, 0) is 43.2 Å². The van der Waals surface area contributed by atoms with Crippen LogP contribution in [0.25, 0.3) is 5.65 Å². The number of rotatable bonds is 4. The Balaban J connectivity index is 1.78. The summed E-state index contributed by atoms with van der Waals surface area (Å²) in [6, 6.07) is 8.41. The Morgan fingerprint density at radius 3 is 2.63 bits per heavy atom. The van der Waals surface area contributed by atoms with Crippen molar-refractivity contribution < 1.29 is 18.0 Å². The Hall–Kier alpha value is -3.17. The Morgan fingerprint density at radius 2 is 1.93 bits per heavy atom. The minimum atomic E-state index is -4.68. The molecule has 0 spiro atoms. The first-order valence-electron chi connectivity index (χ1n) is 8.03. The van der Waals surface area contributed by atoms with Crippen molar-refractivity contribution >= 4 is 23.1 Å². The molecule has 0 saturated heterocycles. The molecule has 2 heterocycles. The number of likely N-dealkylation sites (N-methyl/N-ethyl adjacent to an activating group) is 1. The molecule has 1 N–H and O–H groups in total. The van der Waals surface area contributed by atoms with Crippen LogP contribution in [0.15, 0.2) is 30.3 Å². The first-order valence-corrected chi connectivity index (χ1v) is 8.03. The molecule has 10 heteroatoms. The monoisotopic (exact) mass is 378 g/mol. The molecule has 1 aromatic carbocycles. The van der Waals surface area contributed by atoms with E-state index in [0.29, 0.717) is 10.2 Å². The first kappa shape index (κ1) is 18.6. The molecule has 3 rings (SSSR count). The zero-order valence-electron chi connectivity index (χ0n) is 14.9. The number of nitrogens with one attached hydrogen (secondary N) is 1. The van der Waals surface area contributed by atoms with Gasteiger partial charge in [0.05, 0.1) is 6.54 Å². The standard InChI is InChI=1S/C17H17F3N6O/c1-10-5-4-6-12(11(10)2)21-15(27)9-25(3)14-8-7-13-22-23-16(17(18,19)20)26(13)24-14/h4-8H,9H2,1-3H3,(H,21,27). The molecule has 7 nitrogen and oxygen atoms in total. The van der Waals surface area contributed by atoms with Gasteiger partial charge in [0.25, 0.3) is 5.82 Å². The number of carbonyl (C=O) groups is 1. The number of nitrogens with zero attached hydrogens (tertiary/aromatic N) is 5. The molecule has 0 fully saturated rings. The Bertz CT molecular complexity index is 998. The lowest BCUT2D eigenvalue weighted by Gasteiger charge is -2.18. The average molecular weight is 378 g/mol. The Morgan fingerprint density at radius 1 is 1.19 bits per heavy atom. The third-order valence-electron chi connectivity index (χ3n) is 4.15. The van der Waals surface area contributed by atoms with Gasteiger partial charge in [-0.1, -0.05) is 12.1 Å². The molecule has 27 heavy (non-hydrogen) atoms. The normalized spacial score (nSPS) is 11.6. The summed E-state index contributed by atoms with van der Waals surface area (Å²) in [7, 11) is 1.56. The van der Waals surface area contributed by atoms with Crippen molar-refractivity contribution in [2.45, 2.75) is 20.0 Å². The summed E-state index contributed by atoms with van der Waals surface area (Å²) in [6.45, 7) is 3.75. The summed E-state index contributed by atoms with van der Waals surface area (Å²) >= 11 is 0. The second-order valence-electron chi connectivity index (χ2n) is 6.13. The maximum atomic E-state index is 13.0. The van der Waals surface area contributed by atoms with Crippen LogP contribution in [0.1, 0.15) is 17.0 Å². The second kappa shape index (κ2) is 6.86. The van der Waals surface area contributed by atoms with Gasteiger partial charge >= 0.3 is 6.18 Å². The molecule has 0 bridgehead atoms. The van der Waals surface area contributed by atoms with Crippen LogP contribution in [0.2, 0.25) is 0 Å². The molecule has 0 unspecified atom stereocenters. The molecule has 0 aliphatic rings. The quantitative estimate of drug-likeness (QED) is 0.756. The van der Waals surface area contributed by atoms with Gasteiger partial charge in [0.2, 0.25) is 5.91 Å². The number of halogens is 3. The summed E-state index contributed by atoms with van der Waals surface area (Å²) in [4.78, 5) is 13.8. The largest absolute Gasteiger partial charge is 0.453 e. The molecule has 0 aliphatic heterocycles. The highest BCUT2D eigenvalue weighted by Gasteiger charge is 2.37. The highest BCUT2D eigenvalue weighted by atomic mass is 19.4. The zero-order valence-corrected chi connectivity index (χ0v) is 14.9. The summed E-state index contributed by atoms with van der Waals surface area (Å²) in [5, 5.41) is 13.3. The molecule has 142 valence electrons. The van der Waals surface area contributed by atoms with Crippen molar-refractivity contribution in [3.8, 4) is 0 Å². The van der Waals surface area contributed by atoms with Crippen molar-refractivity contribution in [1.82, 2.24) is 19.8 Å². The number of amides is 1. The van der Waals surface area contributed by atoms with E-state index in [1.165, 1.54) is 17.0 Å². The van der Waals surface area contributed by atoms with Crippen LogP contribution < -0.4 is 10.2 Å². The third-order valence-corrected chi connectivity index (χ3v) is 4.15. The van der Waals surface area contributed by atoms with Crippen LogP contribution in [0, 0.1) is 13.8 Å². The maximum Gasteiger partial charge on any atom is 0.453 e. The van der Waals surface area contributed by atoms with E-state index < -0.39 is 12.0 Å². The van der Waals surface area contributed by atoms with Gasteiger partial charge in [0.1, 0.15) is 5.82 Å². The summed E-state index contributed by atoms with van der Waals surface area (Å²) in [5.41, 5.74) is 2.65. The van der Waals surface area contributed by atoms with Gasteiger partial charge in [-0.3, -0.25) is 4.79 Å². The second-order valence-corrected chi connectivity index (χ2v) is 6.13. The zero-order chi connectivity index (χ0) is 19.8. The predicted molar refractivity (Wildman–Crippen MR) is 93.6 cm³/mol. The molecule has 0 radical (unpaired) electrons. The van der Waals surface area contributed by atoms with E-state index in [1.54, 1.807) is 13.1 Å². The number of hydrogen-bond donors (Lipinski definition) is 1. The van der Waals surface area contributed by atoms with E-state index in [4.69, 9.17) is 0 Å². The van der Waals surface area contributed by atoms with Crippen LogP contribution >= 0.6 is 0 Å². The van der Waals surface area contributed by atoms with Crippen molar-refractivity contribution in [1.29, 1.82) is 0 Å². The number of aromatic nitrogens is 4. The number of fused-ring (bicyclic) bond motifs is 1. The van der Waals surface area contributed by atoms with E-state index in [0.717, 1.165) is 11.1 Å². The highest BCUT2D eigenvalue weighted by molar-refractivity contribution is 5.94. The fourth-order valence-electron chi connectivity index (χ4n) is 2.53. The highest BCUT2D eigenvalue weighted by Crippen LogP contribution is 2.27. The number of benzene rings is 1. The van der Waals surface area contributed by atoms with Crippen LogP contribution in [0.4, 0.5) is 24.7 Å². The summed E-state index contributed by atoms with van der Waals surface area (Å²) in [5.74, 6) is -1.34. The minimum absolute atomic E-state index is 0.0284. The average Bonchev–Trinajstić information content (AvgIpc) is 3.02. The number of carbonyl (C=O) groups excluding carboxylic acids is 1. The van der Waals surface area contributed by atoms with Crippen molar-refractivity contribution in [3.05, 3.63) is 47.3 Å².